The summed E-state index contributed by atoms with van der Waals surface area (Å²) in [6, 6.07) is 5.87. The van der Waals surface area contributed by atoms with Crippen molar-refractivity contribution in [2.45, 2.75) is 58.4 Å². The number of rotatable bonds is 9. The van der Waals surface area contributed by atoms with E-state index in [0.29, 0.717) is 12.1 Å². The number of carbonyl (C=O) groups excluding carboxylic acids is 2. The summed E-state index contributed by atoms with van der Waals surface area (Å²) in [4.78, 5) is 26.0. The van der Waals surface area contributed by atoms with E-state index in [1.165, 1.54) is 38.3 Å². The summed E-state index contributed by atoms with van der Waals surface area (Å²) < 4.78 is 0. The maximum atomic E-state index is 12.5. The third-order valence-electron chi connectivity index (χ3n) is 4.62. The van der Waals surface area contributed by atoms with Gasteiger partial charge in [-0.05, 0) is 31.0 Å². The second-order valence-electron chi connectivity index (χ2n) is 6.58. The van der Waals surface area contributed by atoms with Crippen LogP contribution in [0.25, 0.3) is 0 Å². The summed E-state index contributed by atoms with van der Waals surface area (Å²) in [5.74, 6) is -1.23. The second kappa shape index (κ2) is 8.70. The van der Waals surface area contributed by atoms with Crippen LogP contribution < -0.4 is 0 Å². The van der Waals surface area contributed by atoms with Crippen molar-refractivity contribution in [2.24, 2.45) is 0 Å². The lowest BCUT2D eigenvalue weighted by Gasteiger charge is -2.26. The van der Waals surface area contributed by atoms with Crippen LogP contribution in [0, 0.1) is 0 Å². The van der Waals surface area contributed by atoms with Gasteiger partial charge in [-0.1, -0.05) is 51.2 Å². The Morgan fingerprint density at radius 2 is 1.80 bits per heavy atom. The minimum atomic E-state index is -0.632. The smallest absolute Gasteiger partial charge is 0.290 e. The first kappa shape index (κ1) is 19.0. The van der Waals surface area contributed by atoms with Crippen molar-refractivity contribution in [2.75, 3.05) is 6.54 Å². The van der Waals surface area contributed by atoms with Crippen LogP contribution in [0.1, 0.15) is 64.0 Å². The molecule has 0 saturated heterocycles. The Bertz CT molecular complexity index is 665. The number of ketones is 1. The molecule has 0 radical (unpaired) electrons. The molecule has 0 aliphatic carbocycles. The highest BCUT2D eigenvalue weighted by molar-refractivity contribution is 6.08. The fourth-order valence-corrected chi connectivity index (χ4v) is 3.35. The molecule has 1 heterocycles. The Labute approximate surface area is 149 Å². The summed E-state index contributed by atoms with van der Waals surface area (Å²) in [6.45, 7) is 4.00. The molecule has 1 aromatic rings. The molecule has 0 fully saturated rings. The quantitative estimate of drug-likeness (QED) is 0.662. The highest BCUT2D eigenvalue weighted by Gasteiger charge is 2.41. The van der Waals surface area contributed by atoms with E-state index in [1.807, 2.05) is 0 Å². The molecular formula is C20H27NO4. The van der Waals surface area contributed by atoms with Gasteiger partial charge in [0.05, 0.1) is 11.6 Å². The molecule has 136 valence electrons. The summed E-state index contributed by atoms with van der Waals surface area (Å²) in [7, 11) is 0. The molecular weight excluding hydrogens is 318 g/mol. The van der Waals surface area contributed by atoms with E-state index in [9.17, 15) is 19.8 Å². The van der Waals surface area contributed by atoms with Crippen LogP contribution in [0.4, 0.5) is 0 Å². The lowest BCUT2D eigenvalue weighted by Crippen LogP contribution is -2.32. The van der Waals surface area contributed by atoms with Crippen LogP contribution in [0.15, 0.2) is 35.6 Å². The Kier molecular flexibility index (Phi) is 6.62. The van der Waals surface area contributed by atoms with Crippen molar-refractivity contribution in [3.8, 4) is 5.75 Å². The molecule has 0 aromatic heterocycles. The standard InChI is InChI=1S/C20H27NO4/c1-3-4-5-6-7-8-12-21-18(15-10-9-11-16(23)13-15)17(14(2)22)19(24)20(21)25/h9-11,13,18,23-24H,3-8,12H2,1-2H3/t18-/m0/s1. The first-order valence-electron chi connectivity index (χ1n) is 9.01. The van der Waals surface area contributed by atoms with Gasteiger partial charge in [-0.15, -0.1) is 0 Å². The summed E-state index contributed by atoms with van der Waals surface area (Å²) in [5, 5.41) is 19.9. The topological polar surface area (TPSA) is 77.8 Å². The predicted octanol–water partition coefficient (Wildman–Crippen LogP) is 4.04. The molecule has 2 rings (SSSR count). The average Bonchev–Trinajstić information content (AvgIpc) is 2.83. The third kappa shape index (κ3) is 4.41. The van der Waals surface area contributed by atoms with Crippen LogP contribution in [-0.4, -0.2) is 33.3 Å². The number of amides is 1. The first-order chi connectivity index (χ1) is 12.0. The number of aliphatic hydroxyl groups is 1. The fraction of sp³-hybridized carbons (Fsp3) is 0.500. The first-order valence-corrected chi connectivity index (χ1v) is 9.01. The van der Waals surface area contributed by atoms with Gasteiger partial charge in [0.2, 0.25) is 0 Å². The van der Waals surface area contributed by atoms with Gasteiger partial charge in [0.25, 0.3) is 5.91 Å². The van der Waals surface area contributed by atoms with Gasteiger partial charge >= 0.3 is 0 Å². The van der Waals surface area contributed by atoms with E-state index in [4.69, 9.17) is 0 Å². The number of aliphatic hydroxyl groups excluding tert-OH is 1. The summed E-state index contributed by atoms with van der Waals surface area (Å²) in [5.41, 5.74) is 0.746. The largest absolute Gasteiger partial charge is 0.508 e. The average molecular weight is 345 g/mol. The van der Waals surface area contributed by atoms with Crippen LogP contribution in [0.5, 0.6) is 5.75 Å². The molecule has 5 heteroatoms. The minimum absolute atomic E-state index is 0.0683. The van der Waals surface area contributed by atoms with Crippen LogP contribution in [0.2, 0.25) is 0 Å². The van der Waals surface area contributed by atoms with E-state index in [2.05, 4.69) is 6.92 Å². The van der Waals surface area contributed by atoms with Gasteiger partial charge in [0.15, 0.2) is 11.5 Å². The van der Waals surface area contributed by atoms with Crippen LogP contribution in [-0.2, 0) is 9.59 Å². The van der Waals surface area contributed by atoms with E-state index in [0.717, 1.165) is 19.3 Å². The molecule has 1 amide bonds. The molecule has 0 spiro atoms. The van der Waals surface area contributed by atoms with Gasteiger partial charge in [0.1, 0.15) is 5.75 Å². The Hall–Kier alpha value is -2.30. The number of hydrogen-bond donors (Lipinski definition) is 2. The maximum Gasteiger partial charge on any atom is 0.290 e. The molecule has 2 N–H and O–H groups in total. The molecule has 1 aliphatic rings. The van der Waals surface area contributed by atoms with Crippen molar-refractivity contribution in [1.82, 2.24) is 4.90 Å². The van der Waals surface area contributed by atoms with Gasteiger partial charge < -0.3 is 15.1 Å². The molecule has 0 bridgehead atoms. The second-order valence-corrected chi connectivity index (χ2v) is 6.58. The van der Waals surface area contributed by atoms with Gasteiger partial charge in [0, 0.05) is 6.54 Å². The van der Waals surface area contributed by atoms with Crippen molar-refractivity contribution in [1.29, 1.82) is 0 Å². The van der Waals surface area contributed by atoms with Gasteiger partial charge in [-0.3, -0.25) is 9.59 Å². The predicted molar refractivity (Wildman–Crippen MR) is 96.3 cm³/mol. The van der Waals surface area contributed by atoms with Crippen LogP contribution in [0.3, 0.4) is 0 Å². The van der Waals surface area contributed by atoms with Crippen molar-refractivity contribution in [3.05, 3.63) is 41.2 Å². The normalized spacial score (nSPS) is 17.4. The van der Waals surface area contributed by atoms with Crippen LogP contribution >= 0.6 is 0 Å². The van der Waals surface area contributed by atoms with E-state index in [1.54, 1.807) is 17.0 Å². The number of Topliss-reactive ketones (excluding diaryl/α,β-unsaturated/α-hetero) is 1. The minimum Gasteiger partial charge on any atom is -0.508 e. The number of hydrogen-bond acceptors (Lipinski definition) is 4. The number of aromatic hydroxyl groups is 1. The number of carbonyl (C=O) groups is 2. The number of phenolic OH excluding ortho intramolecular Hbond substituents is 1. The van der Waals surface area contributed by atoms with Gasteiger partial charge in [-0.25, -0.2) is 0 Å². The lowest BCUT2D eigenvalue weighted by atomic mass is 9.96. The van der Waals surface area contributed by atoms with Crippen molar-refractivity contribution >= 4 is 11.7 Å². The molecule has 0 saturated carbocycles. The molecule has 1 atom stereocenters. The van der Waals surface area contributed by atoms with E-state index >= 15 is 0 Å². The Balaban J connectivity index is 2.16. The highest BCUT2D eigenvalue weighted by Crippen LogP contribution is 2.38. The zero-order valence-electron chi connectivity index (χ0n) is 15.0. The highest BCUT2D eigenvalue weighted by atomic mass is 16.3. The maximum absolute atomic E-state index is 12.5. The number of phenols is 1. The monoisotopic (exact) mass is 345 g/mol. The molecule has 5 nitrogen and oxygen atoms in total. The fourth-order valence-electron chi connectivity index (χ4n) is 3.35. The molecule has 0 unspecified atom stereocenters. The van der Waals surface area contributed by atoms with Crippen molar-refractivity contribution < 1.29 is 19.8 Å². The number of benzene rings is 1. The summed E-state index contributed by atoms with van der Waals surface area (Å²) in [6.07, 6.45) is 6.53. The number of nitrogens with zero attached hydrogens (tertiary/aromatic N) is 1. The third-order valence-corrected chi connectivity index (χ3v) is 4.62. The Morgan fingerprint density at radius 3 is 2.44 bits per heavy atom. The molecule has 1 aromatic carbocycles. The number of unbranched alkanes of at least 4 members (excludes halogenated alkanes) is 5. The van der Waals surface area contributed by atoms with Crippen molar-refractivity contribution in [3.63, 3.8) is 0 Å². The van der Waals surface area contributed by atoms with E-state index < -0.39 is 17.7 Å². The molecule has 1 aliphatic heterocycles. The SMILES string of the molecule is CCCCCCCCN1C(=O)C(O)=C(C(C)=O)[C@@H]1c1cccc(O)c1. The Morgan fingerprint density at radius 1 is 1.12 bits per heavy atom. The lowest BCUT2D eigenvalue weighted by molar-refractivity contribution is -0.129. The summed E-state index contributed by atoms with van der Waals surface area (Å²) >= 11 is 0. The zero-order chi connectivity index (χ0) is 18.4. The molecule has 25 heavy (non-hydrogen) atoms. The van der Waals surface area contributed by atoms with Gasteiger partial charge in [-0.2, -0.15) is 0 Å². The zero-order valence-corrected chi connectivity index (χ0v) is 15.0. The van der Waals surface area contributed by atoms with E-state index in [-0.39, 0.29) is 17.1 Å².